The molecule has 0 bridgehead atoms. The SMILES string of the molecule is C[C@H]1CCCC(=O)CCCCCc2cc(OC3CCCCO3)cc(O)c2C(=O)O1. The van der Waals surface area contributed by atoms with Crippen LogP contribution in [0.3, 0.4) is 0 Å². The van der Waals surface area contributed by atoms with E-state index in [1.165, 1.54) is 6.07 Å². The van der Waals surface area contributed by atoms with E-state index in [1.807, 2.05) is 13.0 Å². The number of esters is 1. The molecule has 6 heteroatoms. The molecule has 0 spiro atoms. The number of phenols is 1. The maximum Gasteiger partial charge on any atom is 0.342 e. The molecule has 29 heavy (non-hydrogen) atoms. The van der Waals surface area contributed by atoms with Crippen LogP contribution in [0.15, 0.2) is 12.1 Å². The normalized spacial score (nSPS) is 24.9. The maximum absolute atomic E-state index is 12.8. The zero-order valence-corrected chi connectivity index (χ0v) is 17.3. The summed E-state index contributed by atoms with van der Waals surface area (Å²) in [6, 6.07) is 3.29. The van der Waals surface area contributed by atoms with Gasteiger partial charge in [-0.1, -0.05) is 6.42 Å². The number of cyclic esters (lactones) is 1. The van der Waals surface area contributed by atoms with Crippen molar-refractivity contribution in [2.75, 3.05) is 6.61 Å². The highest BCUT2D eigenvalue weighted by Crippen LogP contribution is 2.32. The molecule has 1 aromatic rings. The van der Waals surface area contributed by atoms with Crippen molar-refractivity contribution in [2.24, 2.45) is 0 Å². The monoisotopic (exact) mass is 404 g/mol. The van der Waals surface area contributed by atoms with E-state index in [9.17, 15) is 14.7 Å². The van der Waals surface area contributed by atoms with Crippen molar-refractivity contribution in [1.29, 1.82) is 0 Å². The molecule has 1 N–H and O–H groups in total. The fourth-order valence-electron chi connectivity index (χ4n) is 3.94. The number of hydrogen-bond acceptors (Lipinski definition) is 6. The molecule has 0 radical (unpaired) electrons. The number of ketones is 1. The van der Waals surface area contributed by atoms with Crippen LogP contribution in [0.2, 0.25) is 0 Å². The van der Waals surface area contributed by atoms with Crippen molar-refractivity contribution in [3.05, 3.63) is 23.3 Å². The van der Waals surface area contributed by atoms with Crippen molar-refractivity contribution >= 4 is 11.8 Å². The molecule has 2 atom stereocenters. The summed E-state index contributed by atoms with van der Waals surface area (Å²) < 4.78 is 17.1. The van der Waals surface area contributed by atoms with E-state index in [1.54, 1.807) is 0 Å². The lowest BCUT2D eigenvalue weighted by Crippen LogP contribution is -2.25. The Kier molecular flexibility index (Phi) is 7.92. The maximum atomic E-state index is 12.8. The van der Waals surface area contributed by atoms with Crippen LogP contribution in [0.1, 0.15) is 87.1 Å². The molecule has 1 aromatic carbocycles. The Labute approximate surface area is 172 Å². The summed E-state index contributed by atoms with van der Waals surface area (Å²) in [7, 11) is 0. The van der Waals surface area contributed by atoms with E-state index < -0.39 is 5.97 Å². The Hall–Kier alpha value is -2.08. The fraction of sp³-hybridized carbons (Fsp3) is 0.652. The topological polar surface area (TPSA) is 82.1 Å². The molecular formula is C23H32O6. The lowest BCUT2D eigenvalue weighted by molar-refractivity contribution is -0.119. The number of fused-ring (bicyclic) bond motifs is 1. The van der Waals surface area contributed by atoms with Gasteiger partial charge in [0.15, 0.2) is 6.29 Å². The number of aryl methyl sites for hydroxylation is 1. The molecule has 0 aromatic heterocycles. The molecule has 2 heterocycles. The van der Waals surface area contributed by atoms with E-state index in [2.05, 4.69) is 0 Å². The van der Waals surface area contributed by atoms with E-state index in [4.69, 9.17) is 14.2 Å². The van der Waals surface area contributed by atoms with Crippen LogP contribution >= 0.6 is 0 Å². The Balaban J connectivity index is 1.80. The molecule has 2 aliphatic heterocycles. The van der Waals surface area contributed by atoms with Gasteiger partial charge in [0.25, 0.3) is 0 Å². The van der Waals surface area contributed by atoms with Gasteiger partial charge in [0.2, 0.25) is 0 Å². The smallest absolute Gasteiger partial charge is 0.342 e. The number of carbonyl (C=O) groups is 2. The summed E-state index contributed by atoms with van der Waals surface area (Å²) in [5.41, 5.74) is 0.943. The molecule has 0 aliphatic carbocycles. The summed E-state index contributed by atoms with van der Waals surface area (Å²) in [5, 5.41) is 10.6. The van der Waals surface area contributed by atoms with Crippen molar-refractivity contribution in [3.63, 3.8) is 0 Å². The molecular weight excluding hydrogens is 372 g/mol. The zero-order valence-electron chi connectivity index (χ0n) is 17.3. The number of carbonyl (C=O) groups excluding carboxylic acids is 2. The third kappa shape index (κ3) is 6.46. The summed E-state index contributed by atoms with van der Waals surface area (Å²) in [6.45, 7) is 2.49. The number of hydrogen-bond donors (Lipinski definition) is 1. The first-order valence-electron chi connectivity index (χ1n) is 10.9. The highest BCUT2D eigenvalue weighted by molar-refractivity contribution is 5.94. The van der Waals surface area contributed by atoms with Crippen LogP contribution in [0.4, 0.5) is 0 Å². The second-order valence-corrected chi connectivity index (χ2v) is 8.10. The van der Waals surface area contributed by atoms with Crippen molar-refractivity contribution in [1.82, 2.24) is 0 Å². The Morgan fingerprint density at radius 3 is 2.55 bits per heavy atom. The first kappa shape index (κ1) is 21.6. The summed E-state index contributed by atoms with van der Waals surface area (Å²) in [6.07, 6.45) is 7.93. The second-order valence-electron chi connectivity index (χ2n) is 8.10. The number of Topliss-reactive ketones (excluding diaryl/α,β-unsaturated/α-hetero) is 1. The van der Waals surface area contributed by atoms with E-state index in [0.717, 1.165) is 44.1 Å². The van der Waals surface area contributed by atoms with Gasteiger partial charge in [0, 0.05) is 25.3 Å². The molecule has 6 nitrogen and oxygen atoms in total. The van der Waals surface area contributed by atoms with Gasteiger partial charge in [0.05, 0.1) is 12.7 Å². The average Bonchev–Trinajstić information content (AvgIpc) is 2.67. The summed E-state index contributed by atoms with van der Waals surface area (Å²) in [5.74, 6) is 0.147. The summed E-state index contributed by atoms with van der Waals surface area (Å²) in [4.78, 5) is 24.7. The van der Waals surface area contributed by atoms with Crippen LogP contribution in [0.5, 0.6) is 11.5 Å². The van der Waals surface area contributed by atoms with Gasteiger partial charge in [-0.3, -0.25) is 4.79 Å². The average molecular weight is 405 g/mol. The number of aromatic hydroxyl groups is 1. The number of ether oxygens (including phenoxy) is 3. The molecule has 0 amide bonds. The van der Waals surface area contributed by atoms with E-state index in [-0.39, 0.29) is 29.5 Å². The van der Waals surface area contributed by atoms with Gasteiger partial charge < -0.3 is 19.3 Å². The third-order valence-corrected chi connectivity index (χ3v) is 5.56. The highest BCUT2D eigenvalue weighted by atomic mass is 16.7. The fourth-order valence-corrected chi connectivity index (χ4v) is 3.94. The number of phenolic OH excluding ortho intramolecular Hbond substituents is 1. The van der Waals surface area contributed by atoms with Crippen LogP contribution in [0.25, 0.3) is 0 Å². The molecule has 1 fully saturated rings. The quantitative estimate of drug-likeness (QED) is 0.720. The van der Waals surface area contributed by atoms with Crippen molar-refractivity contribution in [2.45, 2.75) is 89.9 Å². The third-order valence-electron chi connectivity index (χ3n) is 5.56. The highest BCUT2D eigenvalue weighted by Gasteiger charge is 2.23. The van der Waals surface area contributed by atoms with E-state index >= 15 is 0 Å². The van der Waals surface area contributed by atoms with Crippen LogP contribution in [-0.2, 0) is 20.7 Å². The summed E-state index contributed by atoms with van der Waals surface area (Å²) >= 11 is 0. The largest absolute Gasteiger partial charge is 0.507 e. The van der Waals surface area contributed by atoms with Crippen LogP contribution in [0, 0.1) is 0 Å². The van der Waals surface area contributed by atoms with Gasteiger partial charge in [0.1, 0.15) is 22.8 Å². The number of benzene rings is 1. The lowest BCUT2D eigenvalue weighted by Gasteiger charge is -2.24. The van der Waals surface area contributed by atoms with Crippen molar-refractivity contribution in [3.8, 4) is 11.5 Å². The van der Waals surface area contributed by atoms with Crippen LogP contribution < -0.4 is 4.74 Å². The molecule has 1 saturated heterocycles. The van der Waals surface area contributed by atoms with Gasteiger partial charge >= 0.3 is 5.97 Å². The standard InChI is InChI=1S/C23H32O6/c1-16-8-7-11-18(24)10-4-2-3-9-17-14-19(29-21-12-5-6-13-27-21)15-20(25)22(17)23(26)28-16/h14-16,21,25H,2-13H2,1H3/t16-,21?/m0/s1. The van der Waals surface area contributed by atoms with Gasteiger partial charge in [-0.05, 0) is 63.5 Å². The molecule has 2 aliphatic rings. The van der Waals surface area contributed by atoms with Gasteiger partial charge in [-0.15, -0.1) is 0 Å². The van der Waals surface area contributed by atoms with Crippen LogP contribution in [-0.4, -0.2) is 35.9 Å². The van der Waals surface area contributed by atoms with Gasteiger partial charge in [-0.2, -0.15) is 0 Å². The molecule has 0 saturated carbocycles. The minimum Gasteiger partial charge on any atom is -0.507 e. The minimum atomic E-state index is -0.520. The predicted molar refractivity (Wildman–Crippen MR) is 108 cm³/mol. The minimum absolute atomic E-state index is 0.118. The predicted octanol–water partition coefficient (Wildman–Crippen LogP) is 4.70. The molecule has 3 rings (SSSR count). The Bertz CT molecular complexity index is 708. The molecule has 1 unspecified atom stereocenters. The van der Waals surface area contributed by atoms with Crippen molar-refractivity contribution < 1.29 is 28.9 Å². The molecule has 160 valence electrons. The van der Waals surface area contributed by atoms with E-state index in [0.29, 0.717) is 44.5 Å². The number of rotatable bonds is 2. The second kappa shape index (κ2) is 10.6. The first-order valence-corrected chi connectivity index (χ1v) is 10.9. The lowest BCUT2D eigenvalue weighted by atomic mass is 9.98. The Morgan fingerprint density at radius 2 is 1.76 bits per heavy atom. The first-order chi connectivity index (χ1) is 14.0. The zero-order chi connectivity index (χ0) is 20.6. The van der Waals surface area contributed by atoms with Gasteiger partial charge in [-0.25, -0.2) is 4.79 Å². The Morgan fingerprint density at radius 1 is 0.966 bits per heavy atom.